The summed E-state index contributed by atoms with van der Waals surface area (Å²) in [4.78, 5) is 12.9. The zero-order chi connectivity index (χ0) is 17.1. The molecule has 0 fully saturated rings. The average Bonchev–Trinajstić information content (AvgIpc) is 2.63. The summed E-state index contributed by atoms with van der Waals surface area (Å²) in [5.41, 5.74) is 1.55. The summed E-state index contributed by atoms with van der Waals surface area (Å²) >= 11 is 0. The van der Waals surface area contributed by atoms with Crippen LogP contribution >= 0.6 is 0 Å². The number of rotatable bonds is 5. The lowest BCUT2D eigenvalue weighted by molar-refractivity contribution is 0.0825. The average molecular weight is 328 g/mol. The van der Waals surface area contributed by atoms with Gasteiger partial charge in [0.1, 0.15) is 28.6 Å². The molecule has 5 heteroatoms. The minimum atomic E-state index is -0.242. The van der Waals surface area contributed by atoms with Gasteiger partial charge in [0.05, 0.1) is 33.9 Å². The molecule has 0 saturated heterocycles. The maximum absolute atomic E-state index is 12.9. The van der Waals surface area contributed by atoms with Crippen LogP contribution in [0.3, 0.4) is 0 Å². The topological polar surface area (TPSA) is 54.0 Å². The van der Waals surface area contributed by atoms with Crippen molar-refractivity contribution in [1.29, 1.82) is 0 Å². The van der Waals surface area contributed by atoms with Gasteiger partial charge in [0, 0.05) is 12.1 Å². The van der Waals surface area contributed by atoms with Crippen molar-refractivity contribution in [1.82, 2.24) is 0 Å². The van der Waals surface area contributed by atoms with Gasteiger partial charge in [-0.15, -0.1) is 0 Å². The third-order valence-corrected chi connectivity index (χ3v) is 4.19. The summed E-state index contributed by atoms with van der Waals surface area (Å²) in [7, 11) is 4.73. The Bertz CT molecular complexity index is 719. The predicted octanol–water partition coefficient (Wildman–Crippen LogP) is 3.15. The van der Waals surface area contributed by atoms with Crippen molar-refractivity contribution in [3.8, 4) is 23.0 Å². The molecular formula is C19H20O5. The molecule has 0 saturated carbocycles. The fourth-order valence-electron chi connectivity index (χ4n) is 2.87. The van der Waals surface area contributed by atoms with Gasteiger partial charge in [-0.05, 0) is 24.1 Å². The maximum atomic E-state index is 12.9. The highest BCUT2D eigenvalue weighted by atomic mass is 16.5. The van der Waals surface area contributed by atoms with E-state index in [1.54, 1.807) is 26.4 Å². The van der Waals surface area contributed by atoms with Crippen LogP contribution in [0.5, 0.6) is 23.0 Å². The third kappa shape index (κ3) is 3.02. The molecule has 1 aliphatic heterocycles. The maximum Gasteiger partial charge on any atom is 0.177 e. The first-order valence-corrected chi connectivity index (χ1v) is 7.72. The number of hydrogen-bond donors (Lipinski definition) is 0. The van der Waals surface area contributed by atoms with Crippen LogP contribution in [0.1, 0.15) is 15.9 Å². The van der Waals surface area contributed by atoms with Gasteiger partial charge >= 0.3 is 0 Å². The van der Waals surface area contributed by atoms with Gasteiger partial charge in [-0.25, -0.2) is 0 Å². The number of fused-ring (bicyclic) bond motifs is 1. The van der Waals surface area contributed by atoms with E-state index in [2.05, 4.69) is 0 Å². The number of carbonyl (C=O) groups excluding carboxylic acids is 1. The van der Waals surface area contributed by atoms with Crippen LogP contribution in [0.15, 0.2) is 36.4 Å². The highest BCUT2D eigenvalue weighted by Crippen LogP contribution is 2.39. The van der Waals surface area contributed by atoms with Gasteiger partial charge in [0.15, 0.2) is 5.78 Å². The Morgan fingerprint density at radius 3 is 2.33 bits per heavy atom. The van der Waals surface area contributed by atoms with Crippen molar-refractivity contribution < 1.29 is 23.7 Å². The van der Waals surface area contributed by atoms with Crippen molar-refractivity contribution in [2.75, 3.05) is 27.9 Å². The molecule has 0 N–H and O–H groups in total. The van der Waals surface area contributed by atoms with Crippen molar-refractivity contribution in [3.63, 3.8) is 0 Å². The summed E-state index contributed by atoms with van der Waals surface area (Å²) in [6, 6.07) is 11.1. The van der Waals surface area contributed by atoms with Crippen LogP contribution in [0.4, 0.5) is 0 Å². The first kappa shape index (κ1) is 16.2. The second kappa shape index (κ2) is 6.83. The van der Waals surface area contributed by atoms with Crippen LogP contribution < -0.4 is 18.9 Å². The number of carbonyl (C=O) groups is 1. The van der Waals surface area contributed by atoms with Gasteiger partial charge in [0.2, 0.25) is 0 Å². The molecule has 1 aliphatic rings. The zero-order valence-corrected chi connectivity index (χ0v) is 14.0. The number of hydrogen-bond acceptors (Lipinski definition) is 5. The molecule has 0 bridgehead atoms. The van der Waals surface area contributed by atoms with Crippen LogP contribution in [0.25, 0.3) is 0 Å². The van der Waals surface area contributed by atoms with Crippen molar-refractivity contribution in [2.45, 2.75) is 6.42 Å². The number of benzene rings is 2. The minimum absolute atomic E-state index is 0.0339. The molecule has 0 aliphatic carbocycles. The van der Waals surface area contributed by atoms with E-state index in [0.29, 0.717) is 35.8 Å². The molecule has 5 nitrogen and oxygen atoms in total. The fourth-order valence-corrected chi connectivity index (χ4v) is 2.87. The van der Waals surface area contributed by atoms with Crippen molar-refractivity contribution >= 4 is 5.78 Å². The summed E-state index contributed by atoms with van der Waals surface area (Å²) in [5, 5.41) is 0. The Balaban J connectivity index is 1.85. The molecule has 0 spiro atoms. The number of ketones is 1. The summed E-state index contributed by atoms with van der Waals surface area (Å²) in [5.74, 6) is 2.19. The van der Waals surface area contributed by atoms with Gasteiger partial charge in [-0.1, -0.05) is 12.1 Å². The molecule has 2 aromatic carbocycles. The van der Waals surface area contributed by atoms with E-state index >= 15 is 0 Å². The van der Waals surface area contributed by atoms with Crippen LogP contribution in [0, 0.1) is 5.92 Å². The molecule has 0 radical (unpaired) electrons. The first-order valence-electron chi connectivity index (χ1n) is 7.72. The Kier molecular flexibility index (Phi) is 4.60. The molecule has 0 unspecified atom stereocenters. The predicted molar refractivity (Wildman–Crippen MR) is 89.6 cm³/mol. The molecule has 126 valence electrons. The van der Waals surface area contributed by atoms with Crippen molar-refractivity contribution in [2.24, 2.45) is 5.92 Å². The Hall–Kier alpha value is -2.69. The smallest absolute Gasteiger partial charge is 0.177 e. The minimum Gasteiger partial charge on any atom is -0.497 e. The van der Waals surface area contributed by atoms with Gasteiger partial charge in [-0.3, -0.25) is 4.79 Å². The second-order valence-electron chi connectivity index (χ2n) is 5.63. The lowest BCUT2D eigenvalue weighted by Crippen LogP contribution is -2.30. The number of Topliss-reactive ketones (excluding diaryl/α,β-unsaturated/α-hetero) is 1. The van der Waals surface area contributed by atoms with E-state index < -0.39 is 0 Å². The largest absolute Gasteiger partial charge is 0.497 e. The van der Waals surface area contributed by atoms with E-state index in [1.165, 1.54) is 7.11 Å². The molecule has 0 aromatic heterocycles. The third-order valence-electron chi connectivity index (χ3n) is 4.19. The van der Waals surface area contributed by atoms with Gasteiger partial charge in [-0.2, -0.15) is 0 Å². The molecular weight excluding hydrogens is 308 g/mol. The second-order valence-corrected chi connectivity index (χ2v) is 5.63. The summed E-state index contributed by atoms with van der Waals surface area (Å²) in [6.07, 6.45) is 0.609. The molecule has 0 amide bonds. The van der Waals surface area contributed by atoms with Crippen LogP contribution in [0.2, 0.25) is 0 Å². The molecule has 24 heavy (non-hydrogen) atoms. The van der Waals surface area contributed by atoms with E-state index in [-0.39, 0.29) is 11.7 Å². The van der Waals surface area contributed by atoms with Crippen LogP contribution in [-0.2, 0) is 6.42 Å². The van der Waals surface area contributed by atoms with E-state index in [9.17, 15) is 4.79 Å². The molecule has 2 aromatic rings. The number of methoxy groups -OCH3 is 3. The van der Waals surface area contributed by atoms with E-state index in [0.717, 1.165) is 11.3 Å². The number of ether oxygens (including phenoxy) is 4. The highest BCUT2D eigenvalue weighted by Gasteiger charge is 2.32. The Morgan fingerprint density at radius 1 is 1.00 bits per heavy atom. The lowest BCUT2D eigenvalue weighted by Gasteiger charge is -2.26. The summed E-state index contributed by atoms with van der Waals surface area (Å²) in [6.45, 7) is 0.341. The van der Waals surface area contributed by atoms with Crippen molar-refractivity contribution in [3.05, 3.63) is 47.5 Å². The first-order chi connectivity index (χ1) is 11.7. The van der Waals surface area contributed by atoms with E-state index in [1.807, 2.05) is 24.3 Å². The normalized spacial score (nSPS) is 16.1. The SMILES string of the molecule is COc1ccc(C[C@H]2COc3cc(OC)cc(OC)c3C2=O)cc1. The van der Waals surface area contributed by atoms with Gasteiger partial charge in [0.25, 0.3) is 0 Å². The standard InChI is InChI=1S/C19H20O5/c1-21-14-6-4-12(5-7-14)8-13-11-24-17-10-15(22-2)9-16(23-3)18(17)19(13)20/h4-7,9-10,13H,8,11H2,1-3H3/t13-/m0/s1. The zero-order valence-electron chi connectivity index (χ0n) is 14.0. The monoisotopic (exact) mass is 328 g/mol. The Morgan fingerprint density at radius 2 is 1.71 bits per heavy atom. The summed E-state index contributed by atoms with van der Waals surface area (Å²) < 4.78 is 21.5. The molecule has 1 heterocycles. The highest BCUT2D eigenvalue weighted by molar-refractivity contribution is 6.04. The van der Waals surface area contributed by atoms with Gasteiger partial charge < -0.3 is 18.9 Å². The quantitative estimate of drug-likeness (QED) is 0.844. The van der Waals surface area contributed by atoms with E-state index in [4.69, 9.17) is 18.9 Å². The lowest BCUT2D eigenvalue weighted by atomic mass is 9.89. The Labute approximate surface area is 141 Å². The molecule has 3 rings (SSSR count). The molecule has 1 atom stereocenters. The fraction of sp³-hybridized carbons (Fsp3) is 0.316. The van der Waals surface area contributed by atoms with Crippen LogP contribution in [-0.4, -0.2) is 33.7 Å².